The van der Waals surface area contributed by atoms with Crippen molar-refractivity contribution in [3.63, 3.8) is 0 Å². The van der Waals surface area contributed by atoms with Crippen molar-refractivity contribution in [1.29, 1.82) is 0 Å². The monoisotopic (exact) mass is 346 g/mol. The maximum atomic E-state index is 12.8. The Morgan fingerprint density at radius 3 is 2.35 bits per heavy atom. The van der Waals surface area contributed by atoms with Gasteiger partial charge in [0.25, 0.3) is 5.91 Å². The molecule has 0 aliphatic carbocycles. The number of aromatic nitrogens is 2. The third-order valence-electron chi connectivity index (χ3n) is 4.67. The molecule has 0 unspecified atom stereocenters. The van der Waals surface area contributed by atoms with E-state index in [1.54, 1.807) is 23.2 Å². The largest absolute Gasteiger partial charge is 0.328 e. The van der Waals surface area contributed by atoms with Gasteiger partial charge in [-0.05, 0) is 42.8 Å². The summed E-state index contributed by atoms with van der Waals surface area (Å²) in [4.78, 5) is 24.9. The minimum atomic E-state index is -0.157. The number of rotatable bonds is 2. The fourth-order valence-electron chi connectivity index (χ4n) is 3.21. The second kappa shape index (κ2) is 5.84. The zero-order valence-electron chi connectivity index (χ0n) is 14.8. The molecule has 2 heterocycles. The normalized spacial score (nSPS) is 16.0. The van der Waals surface area contributed by atoms with Gasteiger partial charge in [0.2, 0.25) is 0 Å². The fraction of sp³-hybridized carbons (Fsp3) is 0.150. The highest BCUT2D eigenvalue weighted by atomic mass is 16.2. The number of imidazole rings is 1. The number of fused-ring (bicyclic) bond motifs is 1. The summed E-state index contributed by atoms with van der Waals surface area (Å²) >= 11 is 0. The molecule has 0 saturated carbocycles. The molecule has 2 aromatic carbocycles. The molecule has 0 saturated heterocycles. The topological polar surface area (TPSA) is 59.6 Å². The number of para-hydroxylation sites is 1. The zero-order valence-corrected chi connectivity index (χ0v) is 14.8. The summed E-state index contributed by atoms with van der Waals surface area (Å²) in [7, 11) is 3.49. The zero-order chi connectivity index (χ0) is 18.4. The Hall–Kier alpha value is -3.41. The fourth-order valence-corrected chi connectivity index (χ4v) is 3.21. The predicted molar refractivity (Wildman–Crippen MR) is 103 cm³/mol. The van der Waals surface area contributed by atoms with Crippen molar-refractivity contribution in [2.45, 2.75) is 6.92 Å². The van der Waals surface area contributed by atoms with Gasteiger partial charge in [0, 0.05) is 14.1 Å². The molecule has 130 valence electrons. The lowest BCUT2D eigenvalue weighted by Gasteiger charge is -2.11. The molecule has 4 rings (SSSR count). The third-order valence-corrected chi connectivity index (χ3v) is 4.67. The van der Waals surface area contributed by atoms with Gasteiger partial charge in [-0.1, -0.05) is 24.3 Å². The first-order chi connectivity index (χ1) is 12.5. The van der Waals surface area contributed by atoms with Crippen LogP contribution in [0.3, 0.4) is 0 Å². The molecule has 0 spiro atoms. The van der Waals surface area contributed by atoms with Gasteiger partial charge < -0.3 is 0 Å². The van der Waals surface area contributed by atoms with Gasteiger partial charge in [-0.15, -0.1) is 0 Å². The predicted octanol–water partition coefficient (Wildman–Crippen LogP) is 2.68. The van der Waals surface area contributed by atoms with Gasteiger partial charge >= 0.3 is 5.69 Å². The Kier molecular flexibility index (Phi) is 3.61. The van der Waals surface area contributed by atoms with Gasteiger partial charge in [-0.25, -0.2) is 4.79 Å². The minimum absolute atomic E-state index is 0.0743. The summed E-state index contributed by atoms with van der Waals surface area (Å²) in [5.41, 5.74) is 4.41. The molecule has 26 heavy (non-hydrogen) atoms. The van der Waals surface area contributed by atoms with Crippen LogP contribution in [0.1, 0.15) is 12.5 Å². The first-order valence-electron chi connectivity index (χ1n) is 8.29. The van der Waals surface area contributed by atoms with Crippen LogP contribution in [0.15, 0.2) is 64.0 Å². The molecule has 1 aliphatic rings. The standard InChI is InChI=1S/C20H18N4O2/c1-13-16(19(25)24(21-13)15-7-5-4-6-8-15)11-14-9-10-17-18(12-14)23(3)20(26)22(17)2/h4-12H,1-3H3/b16-11+. The molecule has 0 N–H and O–H groups in total. The lowest BCUT2D eigenvalue weighted by molar-refractivity contribution is -0.114. The Labute approximate surface area is 150 Å². The van der Waals surface area contributed by atoms with E-state index < -0.39 is 0 Å². The van der Waals surface area contributed by atoms with Gasteiger partial charge in [-0.2, -0.15) is 10.1 Å². The number of benzene rings is 2. The van der Waals surface area contributed by atoms with E-state index in [2.05, 4.69) is 5.10 Å². The highest BCUT2D eigenvalue weighted by molar-refractivity contribution is 6.32. The van der Waals surface area contributed by atoms with E-state index in [4.69, 9.17) is 0 Å². The summed E-state index contributed by atoms with van der Waals surface area (Å²) in [5, 5.41) is 5.80. The van der Waals surface area contributed by atoms with E-state index in [0.717, 1.165) is 22.3 Å². The van der Waals surface area contributed by atoms with Crippen molar-refractivity contribution < 1.29 is 4.79 Å². The number of anilines is 1. The number of hydrazone groups is 1. The summed E-state index contributed by atoms with van der Waals surface area (Å²) in [5.74, 6) is -0.157. The summed E-state index contributed by atoms with van der Waals surface area (Å²) < 4.78 is 3.21. The molecule has 0 radical (unpaired) electrons. The molecular formula is C20H18N4O2. The molecule has 6 heteroatoms. The second-order valence-corrected chi connectivity index (χ2v) is 6.34. The average Bonchev–Trinajstić information content (AvgIpc) is 3.05. The second-order valence-electron chi connectivity index (χ2n) is 6.34. The Balaban J connectivity index is 1.76. The van der Waals surface area contributed by atoms with Crippen LogP contribution in [0.5, 0.6) is 0 Å². The van der Waals surface area contributed by atoms with Gasteiger partial charge in [0.1, 0.15) is 0 Å². The number of hydrogen-bond acceptors (Lipinski definition) is 3. The number of nitrogens with zero attached hydrogens (tertiary/aromatic N) is 4. The highest BCUT2D eigenvalue weighted by Gasteiger charge is 2.28. The van der Waals surface area contributed by atoms with Gasteiger partial charge in [-0.3, -0.25) is 13.9 Å². The van der Waals surface area contributed by atoms with Crippen molar-refractivity contribution >= 4 is 34.4 Å². The molecular weight excluding hydrogens is 328 g/mol. The van der Waals surface area contributed by atoms with E-state index in [1.165, 1.54) is 5.01 Å². The smallest absolute Gasteiger partial charge is 0.295 e. The van der Waals surface area contributed by atoms with Crippen LogP contribution in [0.25, 0.3) is 17.1 Å². The van der Waals surface area contributed by atoms with Crippen molar-refractivity contribution in [3.05, 3.63) is 70.2 Å². The number of aryl methyl sites for hydroxylation is 2. The first-order valence-corrected chi connectivity index (χ1v) is 8.29. The van der Waals surface area contributed by atoms with Crippen LogP contribution in [-0.2, 0) is 18.9 Å². The molecule has 1 amide bonds. The van der Waals surface area contributed by atoms with Crippen LogP contribution < -0.4 is 10.7 Å². The molecule has 6 nitrogen and oxygen atoms in total. The molecule has 0 fully saturated rings. The number of carbonyl (C=O) groups excluding carboxylic acids is 1. The van der Waals surface area contributed by atoms with E-state index in [-0.39, 0.29) is 11.6 Å². The lowest BCUT2D eigenvalue weighted by Crippen LogP contribution is -2.21. The van der Waals surface area contributed by atoms with E-state index >= 15 is 0 Å². The lowest BCUT2D eigenvalue weighted by atomic mass is 10.1. The Bertz CT molecular complexity index is 1150. The summed E-state index contributed by atoms with van der Waals surface area (Å²) in [6.07, 6.45) is 1.82. The first kappa shape index (κ1) is 16.1. The van der Waals surface area contributed by atoms with Crippen LogP contribution in [0.4, 0.5) is 5.69 Å². The molecule has 1 aliphatic heterocycles. The number of hydrogen-bond donors (Lipinski definition) is 0. The van der Waals surface area contributed by atoms with Crippen LogP contribution in [0, 0.1) is 0 Å². The van der Waals surface area contributed by atoms with Crippen molar-refractivity contribution in [2.24, 2.45) is 19.2 Å². The minimum Gasteiger partial charge on any atom is -0.295 e. The van der Waals surface area contributed by atoms with E-state index in [1.807, 2.05) is 61.5 Å². The Morgan fingerprint density at radius 2 is 1.62 bits per heavy atom. The van der Waals surface area contributed by atoms with Crippen molar-refractivity contribution in [1.82, 2.24) is 9.13 Å². The van der Waals surface area contributed by atoms with E-state index in [9.17, 15) is 9.59 Å². The number of carbonyl (C=O) groups is 1. The molecule has 0 bridgehead atoms. The summed E-state index contributed by atoms with van der Waals surface area (Å²) in [6, 6.07) is 15.1. The van der Waals surface area contributed by atoms with Crippen LogP contribution in [-0.4, -0.2) is 20.8 Å². The van der Waals surface area contributed by atoms with Crippen molar-refractivity contribution in [2.75, 3.05) is 5.01 Å². The summed E-state index contributed by atoms with van der Waals surface area (Å²) in [6.45, 7) is 1.82. The maximum Gasteiger partial charge on any atom is 0.328 e. The Morgan fingerprint density at radius 1 is 0.923 bits per heavy atom. The van der Waals surface area contributed by atoms with Crippen LogP contribution in [0.2, 0.25) is 0 Å². The van der Waals surface area contributed by atoms with Gasteiger partial charge in [0.15, 0.2) is 0 Å². The third kappa shape index (κ3) is 2.38. The van der Waals surface area contributed by atoms with Crippen LogP contribution >= 0.6 is 0 Å². The molecule has 1 aromatic heterocycles. The highest BCUT2D eigenvalue weighted by Crippen LogP contribution is 2.25. The van der Waals surface area contributed by atoms with Gasteiger partial charge in [0.05, 0.1) is 28.0 Å². The molecule has 0 atom stereocenters. The quantitative estimate of drug-likeness (QED) is 0.670. The molecule has 3 aromatic rings. The van der Waals surface area contributed by atoms with Crippen molar-refractivity contribution in [3.8, 4) is 0 Å². The average molecular weight is 346 g/mol. The SMILES string of the molecule is CC1=NN(c2ccccc2)C(=O)/C1=C/c1ccc2c(c1)n(C)c(=O)n2C. The number of amides is 1. The maximum absolute atomic E-state index is 12.8. The van der Waals surface area contributed by atoms with E-state index in [0.29, 0.717) is 11.3 Å².